The van der Waals surface area contributed by atoms with Crippen LogP contribution in [0.1, 0.15) is 31.1 Å². The van der Waals surface area contributed by atoms with Crippen molar-refractivity contribution in [3.63, 3.8) is 0 Å². The van der Waals surface area contributed by atoms with Gasteiger partial charge in [-0.05, 0) is 54.6 Å². The molecule has 1 heterocycles. The lowest BCUT2D eigenvalue weighted by Gasteiger charge is -2.35. The van der Waals surface area contributed by atoms with Gasteiger partial charge in [0.2, 0.25) is 0 Å². The summed E-state index contributed by atoms with van der Waals surface area (Å²) in [4.78, 5) is 41.7. The fourth-order valence-corrected chi connectivity index (χ4v) is 3.94. The first-order valence-corrected chi connectivity index (χ1v) is 11.3. The van der Waals surface area contributed by atoms with Gasteiger partial charge in [-0.25, -0.2) is 0 Å². The minimum absolute atomic E-state index is 0.107. The number of anilines is 1. The van der Waals surface area contributed by atoms with Crippen LogP contribution in [-0.4, -0.2) is 67.9 Å². The van der Waals surface area contributed by atoms with Crippen LogP contribution in [-0.2, 0) is 0 Å². The average molecular weight is 474 g/mol. The monoisotopic (exact) mass is 473 g/mol. The Morgan fingerprint density at radius 3 is 1.77 bits per heavy atom. The average Bonchev–Trinajstić information content (AvgIpc) is 2.92. The molecule has 0 saturated carbocycles. The van der Waals surface area contributed by atoms with Gasteiger partial charge in [0.15, 0.2) is 11.5 Å². The van der Waals surface area contributed by atoms with E-state index in [0.717, 1.165) is 0 Å². The van der Waals surface area contributed by atoms with Crippen molar-refractivity contribution in [3.05, 3.63) is 89.5 Å². The van der Waals surface area contributed by atoms with Gasteiger partial charge in [0.05, 0.1) is 14.2 Å². The Morgan fingerprint density at radius 2 is 1.20 bits per heavy atom. The molecule has 0 radical (unpaired) electrons. The molecule has 3 aromatic carbocycles. The first-order chi connectivity index (χ1) is 17.0. The zero-order valence-electron chi connectivity index (χ0n) is 19.7. The van der Waals surface area contributed by atoms with Crippen molar-refractivity contribution >= 4 is 23.4 Å². The maximum Gasteiger partial charge on any atom is 0.255 e. The normalized spacial score (nSPS) is 13.2. The fourth-order valence-electron chi connectivity index (χ4n) is 3.94. The summed E-state index contributed by atoms with van der Waals surface area (Å²) in [7, 11) is 3.07. The number of nitrogens with one attached hydrogen (secondary N) is 1. The van der Waals surface area contributed by atoms with Gasteiger partial charge in [-0.3, -0.25) is 14.4 Å². The van der Waals surface area contributed by atoms with E-state index in [1.807, 2.05) is 6.07 Å². The molecule has 3 aromatic rings. The Labute approximate surface area is 204 Å². The first-order valence-electron chi connectivity index (χ1n) is 11.3. The van der Waals surface area contributed by atoms with Gasteiger partial charge in [0.25, 0.3) is 17.7 Å². The molecule has 1 aliphatic heterocycles. The largest absolute Gasteiger partial charge is 0.493 e. The summed E-state index contributed by atoms with van der Waals surface area (Å²) >= 11 is 0. The van der Waals surface area contributed by atoms with Crippen LogP contribution >= 0.6 is 0 Å². The lowest BCUT2D eigenvalue weighted by atomic mass is 10.1. The SMILES string of the molecule is COc1ccc(C(=O)N2CCN(C(=O)c3ccc(NC(=O)c4ccccc4)cc3)CC2)cc1OC. The summed E-state index contributed by atoms with van der Waals surface area (Å²) < 4.78 is 10.5. The van der Waals surface area contributed by atoms with Gasteiger partial charge in [0, 0.05) is 48.6 Å². The van der Waals surface area contributed by atoms with E-state index in [1.54, 1.807) is 83.6 Å². The lowest BCUT2D eigenvalue weighted by molar-refractivity contribution is 0.0535. The number of hydrogen-bond donors (Lipinski definition) is 1. The van der Waals surface area contributed by atoms with Crippen molar-refractivity contribution < 1.29 is 23.9 Å². The zero-order valence-corrected chi connectivity index (χ0v) is 19.7. The molecule has 1 fully saturated rings. The Bertz CT molecular complexity index is 1200. The molecule has 1 N–H and O–H groups in total. The summed E-state index contributed by atoms with van der Waals surface area (Å²) in [5.41, 5.74) is 2.21. The Balaban J connectivity index is 1.33. The molecule has 4 rings (SSSR count). The molecule has 0 aliphatic carbocycles. The van der Waals surface area contributed by atoms with E-state index in [0.29, 0.717) is 60.1 Å². The van der Waals surface area contributed by atoms with E-state index in [-0.39, 0.29) is 17.7 Å². The number of carbonyl (C=O) groups excluding carboxylic acids is 3. The van der Waals surface area contributed by atoms with Gasteiger partial charge in [-0.15, -0.1) is 0 Å². The predicted molar refractivity (Wildman–Crippen MR) is 132 cm³/mol. The quantitative estimate of drug-likeness (QED) is 0.592. The minimum atomic E-state index is -0.208. The number of hydrogen-bond acceptors (Lipinski definition) is 5. The molecular formula is C27H27N3O5. The number of ether oxygens (including phenoxy) is 2. The van der Waals surface area contributed by atoms with Crippen molar-refractivity contribution in [2.24, 2.45) is 0 Å². The highest BCUT2D eigenvalue weighted by Crippen LogP contribution is 2.28. The van der Waals surface area contributed by atoms with Crippen LogP contribution in [0.4, 0.5) is 5.69 Å². The molecule has 1 aliphatic rings. The standard InChI is InChI=1S/C27H27N3O5/c1-34-23-13-10-21(18-24(23)35-2)27(33)30-16-14-29(15-17-30)26(32)20-8-11-22(12-9-20)28-25(31)19-6-4-3-5-7-19/h3-13,18H,14-17H2,1-2H3,(H,28,31). The topological polar surface area (TPSA) is 88.2 Å². The highest BCUT2D eigenvalue weighted by Gasteiger charge is 2.26. The molecule has 1 saturated heterocycles. The van der Waals surface area contributed by atoms with Crippen molar-refractivity contribution in [2.45, 2.75) is 0 Å². The molecule has 8 heteroatoms. The van der Waals surface area contributed by atoms with Crippen molar-refractivity contribution in [2.75, 3.05) is 45.7 Å². The number of methoxy groups -OCH3 is 2. The zero-order chi connectivity index (χ0) is 24.8. The summed E-state index contributed by atoms with van der Waals surface area (Å²) in [6.45, 7) is 1.74. The molecule has 0 unspecified atom stereocenters. The maximum atomic E-state index is 13.0. The van der Waals surface area contributed by atoms with E-state index in [4.69, 9.17) is 9.47 Å². The van der Waals surface area contributed by atoms with Crippen LogP contribution in [0.25, 0.3) is 0 Å². The van der Waals surface area contributed by atoms with Crippen molar-refractivity contribution in [1.82, 2.24) is 9.80 Å². The Kier molecular flexibility index (Phi) is 7.30. The minimum Gasteiger partial charge on any atom is -0.493 e. The van der Waals surface area contributed by atoms with Crippen molar-refractivity contribution in [3.8, 4) is 11.5 Å². The number of nitrogens with zero attached hydrogens (tertiary/aromatic N) is 2. The first kappa shape index (κ1) is 23.8. The van der Waals surface area contributed by atoms with Gasteiger partial charge in [-0.2, -0.15) is 0 Å². The smallest absolute Gasteiger partial charge is 0.255 e. The van der Waals surface area contributed by atoms with E-state index >= 15 is 0 Å². The highest BCUT2D eigenvalue weighted by atomic mass is 16.5. The van der Waals surface area contributed by atoms with Gasteiger partial charge in [-0.1, -0.05) is 18.2 Å². The molecule has 0 atom stereocenters. The molecular weight excluding hydrogens is 446 g/mol. The number of carbonyl (C=O) groups is 3. The summed E-state index contributed by atoms with van der Waals surface area (Å²) in [6.07, 6.45) is 0. The number of amides is 3. The van der Waals surface area contributed by atoms with Crippen LogP contribution in [0.3, 0.4) is 0 Å². The fraction of sp³-hybridized carbons (Fsp3) is 0.222. The van der Waals surface area contributed by atoms with Crippen LogP contribution in [0.2, 0.25) is 0 Å². The van der Waals surface area contributed by atoms with Gasteiger partial charge < -0.3 is 24.6 Å². The van der Waals surface area contributed by atoms with Gasteiger partial charge >= 0.3 is 0 Å². The van der Waals surface area contributed by atoms with Crippen LogP contribution in [0.5, 0.6) is 11.5 Å². The summed E-state index contributed by atoms with van der Waals surface area (Å²) in [5, 5.41) is 2.83. The van der Waals surface area contributed by atoms with E-state index < -0.39 is 0 Å². The number of rotatable bonds is 6. The van der Waals surface area contributed by atoms with Crippen molar-refractivity contribution in [1.29, 1.82) is 0 Å². The molecule has 180 valence electrons. The second kappa shape index (κ2) is 10.7. The van der Waals surface area contributed by atoms with Gasteiger partial charge in [0.1, 0.15) is 0 Å². The second-order valence-electron chi connectivity index (χ2n) is 8.05. The van der Waals surface area contributed by atoms with Crippen LogP contribution in [0.15, 0.2) is 72.8 Å². The molecule has 8 nitrogen and oxygen atoms in total. The number of piperazine rings is 1. The van der Waals surface area contributed by atoms with E-state index in [2.05, 4.69) is 5.32 Å². The maximum absolute atomic E-state index is 13.0. The molecule has 0 aromatic heterocycles. The molecule has 0 spiro atoms. The third-order valence-electron chi connectivity index (χ3n) is 5.91. The second-order valence-corrected chi connectivity index (χ2v) is 8.05. The molecule has 3 amide bonds. The highest BCUT2D eigenvalue weighted by molar-refractivity contribution is 6.04. The Hall–Kier alpha value is -4.33. The summed E-state index contributed by atoms with van der Waals surface area (Å²) in [6, 6.07) is 20.8. The Morgan fingerprint density at radius 1 is 0.657 bits per heavy atom. The predicted octanol–water partition coefficient (Wildman–Crippen LogP) is 3.55. The van der Waals surface area contributed by atoms with Crippen LogP contribution < -0.4 is 14.8 Å². The molecule has 35 heavy (non-hydrogen) atoms. The number of benzene rings is 3. The molecule has 0 bridgehead atoms. The lowest BCUT2D eigenvalue weighted by Crippen LogP contribution is -2.50. The van der Waals surface area contributed by atoms with Crippen LogP contribution in [0, 0.1) is 0 Å². The van der Waals surface area contributed by atoms with E-state index in [9.17, 15) is 14.4 Å². The third-order valence-corrected chi connectivity index (χ3v) is 5.91. The third kappa shape index (κ3) is 5.43. The summed E-state index contributed by atoms with van der Waals surface area (Å²) in [5.74, 6) is 0.626. The van der Waals surface area contributed by atoms with E-state index in [1.165, 1.54) is 7.11 Å².